The van der Waals surface area contributed by atoms with Crippen molar-refractivity contribution in [3.05, 3.63) is 59.7 Å². The van der Waals surface area contributed by atoms with Crippen molar-refractivity contribution < 1.29 is 4.79 Å². The van der Waals surface area contributed by atoms with Gasteiger partial charge in [-0.25, -0.2) is 4.79 Å². The quantitative estimate of drug-likeness (QED) is 0.620. The van der Waals surface area contributed by atoms with Crippen LogP contribution in [0.4, 0.5) is 16.2 Å². The lowest BCUT2D eigenvalue weighted by atomic mass is 10.2. The number of urea groups is 1. The van der Waals surface area contributed by atoms with Crippen LogP contribution in [0.2, 0.25) is 0 Å². The van der Waals surface area contributed by atoms with Crippen molar-refractivity contribution in [3.63, 3.8) is 0 Å². The average molecular weight is 426 g/mol. The Morgan fingerprint density at radius 3 is 1.36 bits per heavy atom. The number of carbonyl (C=O) groups excluding carboxylic acids is 1. The predicted octanol–water partition coefficient (Wildman–Crippen LogP) is 5.17. The molecule has 0 saturated carbocycles. The number of alkyl halides is 2. The number of hydrogen-bond donors (Lipinski definition) is 0. The Kier molecular flexibility index (Phi) is 6.03. The van der Waals surface area contributed by atoms with Crippen LogP contribution in [-0.4, -0.2) is 20.1 Å². The number of halogens is 2. The smallest absolute Gasteiger partial charge is 0.297 e. The molecule has 0 saturated heterocycles. The maximum absolute atomic E-state index is 12.6. The summed E-state index contributed by atoms with van der Waals surface area (Å²) in [6.45, 7) is 0. The zero-order valence-corrected chi connectivity index (χ0v) is 15.8. The standard InChI is InChI=1S/C17H18Br2N2O/c1-20(15-7-3-13(11-18)4-8-15)17(22)21(2)16-9-5-14(12-19)6-10-16/h3-10H,11-12H2,1-2H3. The summed E-state index contributed by atoms with van der Waals surface area (Å²) >= 11 is 6.84. The summed E-state index contributed by atoms with van der Waals surface area (Å²) in [6.07, 6.45) is 0. The minimum absolute atomic E-state index is 0.0711. The molecule has 0 radical (unpaired) electrons. The number of rotatable bonds is 4. The summed E-state index contributed by atoms with van der Waals surface area (Å²) in [5, 5.41) is 1.62. The summed E-state index contributed by atoms with van der Waals surface area (Å²) in [4.78, 5) is 15.9. The van der Waals surface area contributed by atoms with Crippen molar-refractivity contribution in [3.8, 4) is 0 Å². The van der Waals surface area contributed by atoms with E-state index in [9.17, 15) is 4.79 Å². The fourth-order valence-electron chi connectivity index (χ4n) is 2.06. The third-order valence-electron chi connectivity index (χ3n) is 3.53. The van der Waals surface area contributed by atoms with E-state index >= 15 is 0 Å². The van der Waals surface area contributed by atoms with Gasteiger partial charge in [0.15, 0.2) is 0 Å². The van der Waals surface area contributed by atoms with Crippen LogP contribution >= 0.6 is 31.9 Å². The van der Waals surface area contributed by atoms with Crippen molar-refractivity contribution in [1.29, 1.82) is 0 Å². The first-order valence-corrected chi connectivity index (χ1v) is 9.12. The van der Waals surface area contributed by atoms with Crippen LogP contribution in [0.15, 0.2) is 48.5 Å². The molecule has 2 amide bonds. The van der Waals surface area contributed by atoms with Crippen LogP contribution in [0.1, 0.15) is 11.1 Å². The maximum Gasteiger partial charge on any atom is 0.328 e. The van der Waals surface area contributed by atoms with Crippen molar-refractivity contribution in [2.75, 3.05) is 23.9 Å². The number of benzene rings is 2. The third-order valence-corrected chi connectivity index (χ3v) is 4.82. The summed E-state index contributed by atoms with van der Waals surface area (Å²) in [5.41, 5.74) is 4.11. The van der Waals surface area contributed by atoms with E-state index < -0.39 is 0 Å². The van der Waals surface area contributed by atoms with Crippen molar-refractivity contribution in [2.45, 2.75) is 10.7 Å². The Bertz CT molecular complexity index is 571. The molecule has 2 aromatic rings. The first-order chi connectivity index (χ1) is 10.6. The minimum atomic E-state index is -0.0711. The molecule has 3 nitrogen and oxygen atoms in total. The highest BCUT2D eigenvalue weighted by Crippen LogP contribution is 2.20. The van der Waals surface area contributed by atoms with Gasteiger partial charge in [-0.1, -0.05) is 56.1 Å². The minimum Gasteiger partial charge on any atom is -0.297 e. The van der Waals surface area contributed by atoms with Gasteiger partial charge < -0.3 is 0 Å². The van der Waals surface area contributed by atoms with Gasteiger partial charge in [-0.2, -0.15) is 0 Å². The fourth-order valence-corrected chi connectivity index (χ4v) is 2.81. The van der Waals surface area contributed by atoms with Crippen LogP contribution in [0, 0.1) is 0 Å². The lowest BCUT2D eigenvalue weighted by Crippen LogP contribution is -2.38. The lowest BCUT2D eigenvalue weighted by Gasteiger charge is -2.25. The molecule has 0 spiro atoms. The van der Waals surface area contributed by atoms with Crippen LogP contribution in [-0.2, 0) is 10.7 Å². The summed E-state index contributed by atoms with van der Waals surface area (Å²) < 4.78 is 0. The molecule has 0 aliphatic rings. The van der Waals surface area contributed by atoms with Gasteiger partial charge in [0.25, 0.3) is 0 Å². The number of amides is 2. The van der Waals surface area contributed by atoms with Crippen molar-refractivity contribution in [1.82, 2.24) is 0 Å². The molecule has 0 fully saturated rings. The van der Waals surface area contributed by atoms with Gasteiger partial charge in [0.05, 0.1) is 0 Å². The zero-order valence-electron chi connectivity index (χ0n) is 12.6. The molecular weight excluding hydrogens is 408 g/mol. The Morgan fingerprint density at radius 2 is 1.09 bits per heavy atom. The molecule has 2 aromatic carbocycles. The van der Waals surface area contributed by atoms with Crippen LogP contribution < -0.4 is 9.80 Å². The number of carbonyl (C=O) groups is 1. The molecule has 116 valence electrons. The third kappa shape index (κ3) is 3.90. The van der Waals surface area contributed by atoms with E-state index in [0.29, 0.717) is 0 Å². The lowest BCUT2D eigenvalue weighted by molar-refractivity contribution is 0.253. The first-order valence-electron chi connectivity index (χ1n) is 6.88. The number of anilines is 2. The first kappa shape index (κ1) is 17.0. The van der Waals surface area contributed by atoms with Gasteiger partial charge >= 0.3 is 6.03 Å². The molecule has 2 rings (SSSR count). The van der Waals surface area contributed by atoms with Gasteiger partial charge in [0.2, 0.25) is 0 Å². The molecule has 0 aromatic heterocycles. The highest BCUT2D eigenvalue weighted by molar-refractivity contribution is 9.08. The summed E-state index contributed by atoms with van der Waals surface area (Å²) in [6, 6.07) is 15.8. The second-order valence-electron chi connectivity index (χ2n) is 5.00. The highest BCUT2D eigenvalue weighted by atomic mass is 79.9. The molecule has 22 heavy (non-hydrogen) atoms. The topological polar surface area (TPSA) is 23.6 Å². The highest BCUT2D eigenvalue weighted by Gasteiger charge is 2.17. The van der Waals surface area contributed by atoms with E-state index in [1.54, 1.807) is 23.9 Å². The molecule has 0 aliphatic carbocycles. The fraction of sp³-hybridized carbons (Fsp3) is 0.235. The molecule has 0 unspecified atom stereocenters. The molecule has 0 bridgehead atoms. The molecule has 0 atom stereocenters. The molecule has 0 aliphatic heterocycles. The zero-order chi connectivity index (χ0) is 16.1. The van der Waals surface area contributed by atoms with E-state index in [2.05, 4.69) is 31.9 Å². The van der Waals surface area contributed by atoms with Gasteiger partial charge in [0.1, 0.15) is 0 Å². The molecular formula is C17H18Br2N2O. The molecule has 0 heterocycles. The normalized spacial score (nSPS) is 10.4. The van der Waals surface area contributed by atoms with E-state index in [1.807, 2.05) is 48.5 Å². The average Bonchev–Trinajstić information content (AvgIpc) is 2.60. The van der Waals surface area contributed by atoms with E-state index in [1.165, 1.54) is 11.1 Å². The second kappa shape index (κ2) is 7.79. The Balaban J connectivity index is 2.13. The molecule has 0 N–H and O–H groups in total. The van der Waals surface area contributed by atoms with Gasteiger partial charge in [0, 0.05) is 36.1 Å². The van der Waals surface area contributed by atoms with Gasteiger partial charge in [-0.05, 0) is 35.4 Å². The SMILES string of the molecule is CN(C(=O)N(C)c1ccc(CBr)cc1)c1ccc(CBr)cc1. The van der Waals surface area contributed by atoms with Gasteiger partial charge in [-0.3, -0.25) is 9.80 Å². The van der Waals surface area contributed by atoms with Crippen LogP contribution in [0.25, 0.3) is 0 Å². The Morgan fingerprint density at radius 1 is 0.773 bits per heavy atom. The van der Waals surface area contributed by atoms with Crippen molar-refractivity contribution >= 4 is 49.3 Å². The predicted molar refractivity (Wildman–Crippen MR) is 100 cm³/mol. The second-order valence-corrected chi connectivity index (χ2v) is 6.12. The van der Waals surface area contributed by atoms with Gasteiger partial charge in [-0.15, -0.1) is 0 Å². The van der Waals surface area contributed by atoms with Crippen molar-refractivity contribution in [2.24, 2.45) is 0 Å². The summed E-state index contributed by atoms with van der Waals surface area (Å²) in [5.74, 6) is 0. The number of nitrogens with zero attached hydrogens (tertiary/aromatic N) is 2. The van der Waals surface area contributed by atoms with Crippen LogP contribution in [0.5, 0.6) is 0 Å². The van der Waals surface area contributed by atoms with E-state index in [4.69, 9.17) is 0 Å². The Labute approximate surface area is 148 Å². The maximum atomic E-state index is 12.6. The largest absolute Gasteiger partial charge is 0.328 e. The van der Waals surface area contributed by atoms with E-state index in [-0.39, 0.29) is 6.03 Å². The monoisotopic (exact) mass is 424 g/mol. The van der Waals surface area contributed by atoms with Crippen LogP contribution in [0.3, 0.4) is 0 Å². The molecule has 5 heteroatoms. The number of hydrogen-bond acceptors (Lipinski definition) is 1. The van der Waals surface area contributed by atoms with E-state index in [0.717, 1.165) is 22.0 Å². The summed E-state index contributed by atoms with van der Waals surface area (Å²) in [7, 11) is 3.57. The Hall–Kier alpha value is -1.33.